The van der Waals surface area contributed by atoms with Crippen LogP contribution in [0, 0.1) is 11.8 Å². The van der Waals surface area contributed by atoms with Gasteiger partial charge in [-0.1, -0.05) is 30.9 Å². The number of amides is 2. The number of hydrogen-bond donors (Lipinski definition) is 0. The van der Waals surface area contributed by atoms with Crippen LogP contribution in [0.4, 0.5) is 0 Å². The van der Waals surface area contributed by atoms with Gasteiger partial charge in [0.15, 0.2) is 0 Å². The molecule has 1 aliphatic rings. The molecule has 0 N–H and O–H groups in total. The van der Waals surface area contributed by atoms with Crippen molar-refractivity contribution in [3.05, 3.63) is 47.0 Å². The fourth-order valence-electron chi connectivity index (χ4n) is 3.04. The van der Waals surface area contributed by atoms with Gasteiger partial charge >= 0.3 is 5.97 Å². The highest BCUT2D eigenvalue weighted by Crippen LogP contribution is 2.32. The molecule has 8 nitrogen and oxygen atoms in total. The van der Waals surface area contributed by atoms with Crippen LogP contribution in [0.15, 0.2) is 30.3 Å². The highest BCUT2D eigenvalue weighted by Gasteiger charge is 2.36. The van der Waals surface area contributed by atoms with Gasteiger partial charge < -0.3 is 4.74 Å². The van der Waals surface area contributed by atoms with E-state index in [1.807, 2.05) is 6.92 Å². The minimum atomic E-state index is -4.07. The first-order valence-electron chi connectivity index (χ1n) is 9.21. The van der Waals surface area contributed by atoms with Crippen LogP contribution < -0.4 is 0 Å². The summed E-state index contributed by atoms with van der Waals surface area (Å²) in [5.41, 5.74) is 0.874. The molecule has 0 unspecified atom stereocenters. The number of nitrogens with zero attached hydrogens (tertiary/aromatic N) is 1. The third-order valence-corrected chi connectivity index (χ3v) is 4.67. The van der Waals surface area contributed by atoms with Crippen LogP contribution in [-0.4, -0.2) is 44.1 Å². The molecular weight excluding hydrogens is 410 g/mol. The van der Waals surface area contributed by atoms with Gasteiger partial charge in [0.05, 0.1) is 17.4 Å². The number of rotatable bonds is 6. The summed E-state index contributed by atoms with van der Waals surface area (Å²) in [6.07, 6.45) is 2.17. The standard InChI is InChI=1S/C21H19NO7S/c1-3-7-18(23)28-13-5-4-8-14-11-12-17-19-15(14)9-6-10-16(19)20(24)22(21(17)25)29-30(2,26)27/h6,9-12H,3,5,7,13H2,1-2H3. The van der Waals surface area contributed by atoms with E-state index < -0.39 is 21.9 Å². The Morgan fingerprint density at radius 2 is 1.80 bits per heavy atom. The fourth-order valence-corrected chi connectivity index (χ4v) is 3.44. The second kappa shape index (κ2) is 8.65. The summed E-state index contributed by atoms with van der Waals surface area (Å²) in [7, 11) is -4.07. The van der Waals surface area contributed by atoms with Crippen molar-refractivity contribution in [1.82, 2.24) is 5.06 Å². The fraction of sp³-hybridized carbons (Fsp3) is 0.286. The third-order valence-electron chi connectivity index (χ3n) is 4.25. The van der Waals surface area contributed by atoms with Gasteiger partial charge in [0.2, 0.25) is 0 Å². The molecule has 156 valence electrons. The SMILES string of the molecule is CCCC(=O)OCCC#Cc1ccc2c3c(cccc13)C(=O)N(OS(C)(=O)=O)C2=O. The number of imide groups is 1. The number of hydrogen-bond acceptors (Lipinski definition) is 7. The van der Waals surface area contributed by atoms with Gasteiger partial charge in [-0.2, -0.15) is 8.42 Å². The molecule has 0 radical (unpaired) electrons. The first kappa shape index (κ1) is 21.5. The Balaban J connectivity index is 1.91. The van der Waals surface area contributed by atoms with E-state index in [1.54, 1.807) is 18.2 Å². The molecule has 2 aromatic rings. The second-order valence-electron chi connectivity index (χ2n) is 6.59. The zero-order valence-electron chi connectivity index (χ0n) is 16.4. The lowest BCUT2D eigenvalue weighted by atomic mass is 9.92. The molecule has 1 aliphatic heterocycles. The lowest BCUT2D eigenvalue weighted by Crippen LogP contribution is -2.41. The molecule has 2 amide bonds. The molecule has 0 saturated carbocycles. The molecule has 2 aromatic carbocycles. The first-order chi connectivity index (χ1) is 14.2. The molecule has 0 atom stereocenters. The largest absolute Gasteiger partial charge is 0.465 e. The summed E-state index contributed by atoms with van der Waals surface area (Å²) < 4.78 is 32.5. The van der Waals surface area contributed by atoms with Crippen molar-refractivity contribution in [2.45, 2.75) is 26.2 Å². The maximum atomic E-state index is 12.7. The summed E-state index contributed by atoms with van der Waals surface area (Å²) in [5, 5.41) is 1.23. The summed E-state index contributed by atoms with van der Waals surface area (Å²) in [6, 6.07) is 7.92. The highest BCUT2D eigenvalue weighted by atomic mass is 32.2. The Morgan fingerprint density at radius 1 is 1.10 bits per heavy atom. The monoisotopic (exact) mass is 429 g/mol. The van der Waals surface area contributed by atoms with E-state index in [1.165, 1.54) is 12.1 Å². The van der Waals surface area contributed by atoms with E-state index in [-0.39, 0.29) is 28.8 Å². The molecule has 0 aromatic heterocycles. The van der Waals surface area contributed by atoms with Crippen molar-refractivity contribution in [3.8, 4) is 11.8 Å². The maximum Gasteiger partial charge on any atom is 0.305 e. The van der Waals surface area contributed by atoms with Crippen molar-refractivity contribution in [1.29, 1.82) is 0 Å². The van der Waals surface area contributed by atoms with E-state index in [4.69, 9.17) is 4.74 Å². The van der Waals surface area contributed by atoms with E-state index in [9.17, 15) is 22.8 Å². The molecule has 30 heavy (non-hydrogen) atoms. The van der Waals surface area contributed by atoms with Gasteiger partial charge in [-0.15, -0.1) is 9.35 Å². The van der Waals surface area contributed by atoms with Crippen molar-refractivity contribution in [2.75, 3.05) is 12.9 Å². The number of carbonyl (C=O) groups excluding carboxylic acids is 3. The van der Waals surface area contributed by atoms with Gasteiger partial charge in [-0.3, -0.25) is 14.4 Å². The minimum Gasteiger partial charge on any atom is -0.465 e. The smallest absolute Gasteiger partial charge is 0.305 e. The first-order valence-corrected chi connectivity index (χ1v) is 11.0. The third kappa shape index (κ3) is 4.50. The Hall–Kier alpha value is -3.22. The van der Waals surface area contributed by atoms with Crippen LogP contribution in [0.3, 0.4) is 0 Å². The van der Waals surface area contributed by atoms with Crippen molar-refractivity contribution in [3.63, 3.8) is 0 Å². The summed E-state index contributed by atoms with van der Waals surface area (Å²) in [5.74, 6) is 3.89. The van der Waals surface area contributed by atoms with Crippen LogP contribution in [0.5, 0.6) is 0 Å². The molecule has 0 fully saturated rings. The van der Waals surface area contributed by atoms with Crippen LogP contribution in [0.25, 0.3) is 10.8 Å². The van der Waals surface area contributed by atoms with Gasteiger partial charge in [0, 0.05) is 23.8 Å². The number of ether oxygens (including phenoxy) is 1. The van der Waals surface area contributed by atoms with Crippen LogP contribution in [0.1, 0.15) is 52.5 Å². The van der Waals surface area contributed by atoms with Gasteiger partial charge in [0.1, 0.15) is 6.61 Å². The second-order valence-corrected chi connectivity index (χ2v) is 8.15. The molecule has 0 bridgehead atoms. The van der Waals surface area contributed by atoms with Crippen LogP contribution >= 0.6 is 0 Å². The molecule has 3 rings (SSSR count). The van der Waals surface area contributed by atoms with Crippen molar-refractivity contribution in [2.24, 2.45) is 0 Å². The lowest BCUT2D eigenvalue weighted by molar-refractivity contribution is -0.143. The van der Waals surface area contributed by atoms with Crippen LogP contribution in [-0.2, 0) is 23.9 Å². The summed E-state index contributed by atoms with van der Waals surface area (Å²) in [4.78, 5) is 36.7. The highest BCUT2D eigenvalue weighted by molar-refractivity contribution is 7.85. The molecule has 0 saturated heterocycles. The normalized spacial score (nSPS) is 13.2. The van der Waals surface area contributed by atoms with Gasteiger partial charge in [-0.05, 0) is 30.0 Å². The predicted octanol–water partition coefficient (Wildman–Crippen LogP) is 2.41. The average molecular weight is 429 g/mol. The quantitative estimate of drug-likeness (QED) is 0.300. The summed E-state index contributed by atoms with van der Waals surface area (Å²) in [6.45, 7) is 2.07. The zero-order chi connectivity index (χ0) is 21.9. The Kier molecular flexibility index (Phi) is 6.20. The van der Waals surface area contributed by atoms with Crippen LogP contribution in [0.2, 0.25) is 0 Å². The number of carbonyl (C=O) groups is 3. The molecule has 1 heterocycles. The van der Waals surface area contributed by atoms with Gasteiger partial charge in [0.25, 0.3) is 21.9 Å². The number of hydroxylamine groups is 2. The van der Waals surface area contributed by atoms with E-state index in [0.29, 0.717) is 29.2 Å². The zero-order valence-corrected chi connectivity index (χ0v) is 17.2. The molecule has 0 aliphatic carbocycles. The molecule has 9 heteroatoms. The molecular formula is C21H19NO7S. The topological polar surface area (TPSA) is 107 Å². The van der Waals surface area contributed by atoms with Crippen molar-refractivity contribution < 1.29 is 31.8 Å². The number of esters is 1. The minimum absolute atomic E-state index is 0.142. The summed E-state index contributed by atoms with van der Waals surface area (Å²) >= 11 is 0. The van der Waals surface area contributed by atoms with Crippen molar-refractivity contribution >= 4 is 38.7 Å². The Morgan fingerprint density at radius 3 is 2.47 bits per heavy atom. The van der Waals surface area contributed by atoms with E-state index >= 15 is 0 Å². The van der Waals surface area contributed by atoms with E-state index in [0.717, 1.165) is 12.7 Å². The Bertz CT molecular complexity index is 1180. The van der Waals surface area contributed by atoms with Gasteiger partial charge in [-0.25, -0.2) is 0 Å². The number of benzene rings is 2. The molecule has 0 spiro atoms. The Labute approximate surface area is 173 Å². The average Bonchev–Trinajstić information content (AvgIpc) is 2.69. The maximum absolute atomic E-state index is 12.7. The predicted molar refractivity (Wildman–Crippen MR) is 108 cm³/mol. The van der Waals surface area contributed by atoms with E-state index in [2.05, 4.69) is 16.1 Å². The lowest BCUT2D eigenvalue weighted by Gasteiger charge is -2.25.